The van der Waals surface area contributed by atoms with Gasteiger partial charge in [0.15, 0.2) is 0 Å². The predicted molar refractivity (Wildman–Crippen MR) is 271 cm³/mol. The topological polar surface area (TPSA) is 263 Å². The molecule has 0 bridgehead atoms. The van der Waals surface area contributed by atoms with Gasteiger partial charge in [0.2, 0.25) is 0 Å². The van der Waals surface area contributed by atoms with Gasteiger partial charge < -0.3 is 47.4 Å². The number of methoxy groups -OCH3 is 2. The van der Waals surface area contributed by atoms with Crippen molar-refractivity contribution in [1.82, 2.24) is 0 Å². The smallest absolute Gasteiger partial charge is 0.341 e. The summed E-state index contributed by atoms with van der Waals surface area (Å²) in [5, 5.41) is 0. The SMILES string of the molecule is C=CC(=O)OCC(C)OC(=O)C1CCC(C(=O)Oc2ccc(OC(=O)C3CCC(C(=O)Oc4ccc(OC(=O)C5CCC(C(=O)OCC(C)OC(=O)C=C)CC5)c(C(=O)OC)c4)CC3)cc2C(=O)OC)CC1.CC.CC.[U].[U]. The monoisotopic (exact) mass is 1540 g/mol. The van der Waals surface area contributed by atoms with E-state index in [2.05, 4.69) is 13.2 Å². The minimum absolute atomic E-state index is 0. The van der Waals surface area contributed by atoms with Gasteiger partial charge in [-0.15, -0.1) is 0 Å². The van der Waals surface area contributed by atoms with Gasteiger partial charge in [-0.05, 0) is 127 Å². The number of benzene rings is 2. The van der Waals surface area contributed by atoms with Crippen LogP contribution in [0.4, 0.5) is 0 Å². The Morgan fingerprint density at radius 1 is 0.449 bits per heavy atom. The quantitative estimate of drug-likeness (QED) is 0.0521. The normalized spacial score (nSPS) is 19.8. The molecule has 78 heavy (non-hydrogen) atoms. The minimum Gasteiger partial charge on any atom is -0.465 e. The zero-order valence-electron chi connectivity index (χ0n) is 45.7. The summed E-state index contributed by atoms with van der Waals surface area (Å²) in [6.45, 7) is 17.6. The fourth-order valence-electron chi connectivity index (χ4n) is 8.52. The average Bonchev–Trinajstić information content (AvgIpc) is 3.45. The van der Waals surface area contributed by atoms with E-state index in [1.54, 1.807) is 13.8 Å². The molecule has 3 fully saturated rings. The van der Waals surface area contributed by atoms with E-state index in [0.29, 0.717) is 51.4 Å². The number of carbonyl (C=O) groups is 10. The summed E-state index contributed by atoms with van der Waals surface area (Å²) < 4.78 is 52.9. The van der Waals surface area contributed by atoms with Gasteiger partial charge in [0, 0.05) is 74.4 Å². The molecule has 2 aromatic carbocycles. The van der Waals surface area contributed by atoms with E-state index in [9.17, 15) is 47.9 Å². The third kappa shape index (κ3) is 22.1. The van der Waals surface area contributed by atoms with Crippen LogP contribution in [0.1, 0.15) is 139 Å². The van der Waals surface area contributed by atoms with Crippen LogP contribution in [0.15, 0.2) is 61.7 Å². The number of hydrogen-bond donors (Lipinski definition) is 0. The van der Waals surface area contributed by atoms with E-state index in [0.717, 1.165) is 26.4 Å². The Labute approximate surface area is 503 Å². The van der Waals surface area contributed by atoms with E-state index >= 15 is 0 Å². The molecule has 0 saturated heterocycles. The Bertz CT molecular complexity index is 2380. The van der Waals surface area contributed by atoms with Crippen LogP contribution in [0, 0.1) is 97.7 Å². The minimum atomic E-state index is -0.849. The molecule has 2 aromatic rings. The van der Waals surface area contributed by atoms with E-state index in [-0.39, 0.29) is 135 Å². The maximum atomic E-state index is 13.3. The molecule has 0 spiro atoms. The summed E-state index contributed by atoms with van der Waals surface area (Å²) in [5.41, 5.74) is -0.323. The van der Waals surface area contributed by atoms with Crippen molar-refractivity contribution in [2.45, 2.75) is 131 Å². The van der Waals surface area contributed by atoms with E-state index in [1.165, 1.54) is 36.4 Å². The first-order chi connectivity index (χ1) is 36.4. The van der Waals surface area contributed by atoms with Crippen molar-refractivity contribution in [3.63, 3.8) is 0 Å². The average molecular weight is 1540 g/mol. The number of ether oxygens (including phenoxy) is 10. The summed E-state index contributed by atoms with van der Waals surface area (Å²) in [5.74, 6) is -9.86. The van der Waals surface area contributed by atoms with Crippen LogP contribution in [-0.2, 0) is 66.8 Å². The molecule has 0 aromatic heterocycles. The van der Waals surface area contributed by atoms with Crippen LogP contribution in [0.3, 0.4) is 0 Å². The maximum Gasteiger partial charge on any atom is 0.341 e. The Morgan fingerprint density at radius 3 is 1.10 bits per heavy atom. The number of carbonyl (C=O) groups excluding carboxylic acids is 10. The molecule has 22 heteroatoms. The fraction of sp³-hybridized carbons (Fsp3) is 0.536. The number of esters is 10. The van der Waals surface area contributed by atoms with Crippen molar-refractivity contribution < 1.29 is 158 Å². The second kappa shape index (κ2) is 36.8. The second-order valence-electron chi connectivity index (χ2n) is 17.8. The molecule has 0 N–H and O–H groups in total. The maximum absolute atomic E-state index is 13.3. The molecule has 5 rings (SSSR count). The summed E-state index contributed by atoms with van der Waals surface area (Å²) in [7, 11) is 2.28. The zero-order chi connectivity index (χ0) is 56.5. The Morgan fingerprint density at radius 2 is 0.756 bits per heavy atom. The van der Waals surface area contributed by atoms with Gasteiger partial charge in [0.05, 0.1) is 49.7 Å². The zero-order valence-corrected chi connectivity index (χ0v) is 54.0. The molecule has 0 amide bonds. The molecule has 0 heterocycles. The van der Waals surface area contributed by atoms with Gasteiger partial charge in [-0.3, -0.25) is 28.8 Å². The number of rotatable bonds is 20. The van der Waals surface area contributed by atoms with E-state index in [1.807, 2.05) is 27.7 Å². The van der Waals surface area contributed by atoms with Gasteiger partial charge in [0.1, 0.15) is 59.5 Å². The summed E-state index contributed by atoms with van der Waals surface area (Å²) in [6.07, 6.45) is 4.42. The Kier molecular flexibility index (Phi) is 33.4. The van der Waals surface area contributed by atoms with Gasteiger partial charge in [-0.1, -0.05) is 40.9 Å². The molecule has 0 aliphatic heterocycles. The predicted octanol–water partition coefficient (Wildman–Crippen LogP) is 8.38. The van der Waals surface area contributed by atoms with E-state index in [4.69, 9.17) is 47.4 Å². The molecular weight excluding hydrogens is 1470 g/mol. The second-order valence-corrected chi connectivity index (χ2v) is 17.8. The molecule has 20 nitrogen and oxygen atoms in total. The molecule has 424 valence electrons. The van der Waals surface area contributed by atoms with Crippen molar-refractivity contribution in [3.8, 4) is 23.0 Å². The number of hydrogen-bond acceptors (Lipinski definition) is 20. The van der Waals surface area contributed by atoms with E-state index < -0.39 is 107 Å². The van der Waals surface area contributed by atoms with Crippen LogP contribution in [0.25, 0.3) is 0 Å². The third-order valence-electron chi connectivity index (χ3n) is 12.6. The van der Waals surface area contributed by atoms with Gasteiger partial charge in [0.25, 0.3) is 0 Å². The Balaban J connectivity index is 0.00000495. The van der Waals surface area contributed by atoms with Crippen LogP contribution in [-0.4, -0.2) is 99.3 Å². The van der Waals surface area contributed by atoms with Crippen LogP contribution in [0.5, 0.6) is 23.0 Å². The third-order valence-corrected chi connectivity index (χ3v) is 12.6. The molecule has 2 unspecified atom stereocenters. The summed E-state index contributed by atoms with van der Waals surface area (Å²) in [4.78, 5) is 127. The van der Waals surface area contributed by atoms with Crippen LogP contribution >= 0.6 is 0 Å². The van der Waals surface area contributed by atoms with Gasteiger partial charge in [-0.25, -0.2) is 19.2 Å². The molecular formula is C56H72O20U2. The first-order valence-corrected chi connectivity index (χ1v) is 25.7. The largest absolute Gasteiger partial charge is 0.465 e. The molecule has 3 saturated carbocycles. The summed E-state index contributed by atoms with van der Waals surface area (Å²) >= 11 is 0. The molecule has 2 atom stereocenters. The summed E-state index contributed by atoms with van der Waals surface area (Å²) in [6, 6.07) is 7.83. The first-order valence-electron chi connectivity index (χ1n) is 25.7. The van der Waals surface area contributed by atoms with Crippen molar-refractivity contribution in [3.05, 3.63) is 72.8 Å². The standard InChI is InChI=1S/C52H60O20.2C2H6.2U/c1-7-43(53)65-27-30(4)68-46(56)32-13-19-36(20-14-32)50(60)72-42-24-22-38(26-40(42)52(62)64-6)70-48(58)34-17-15-33(16-18-34)47(57)69-37-21-23-41(39(25-37)51(61)63-5)71-49(59)35-11-9-31(10-12-35)45(55)66-28-29(3)67-44(54)8-2;2*1-2;;/h7-8,21-26,29-36H,1-2,9-20,27-28H2,3-6H3;2*1-2H3;;. The van der Waals surface area contributed by atoms with Crippen LogP contribution < -0.4 is 18.9 Å². The van der Waals surface area contributed by atoms with Crippen molar-refractivity contribution in [2.75, 3.05) is 27.4 Å². The van der Waals surface area contributed by atoms with Crippen molar-refractivity contribution in [1.29, 1.82) is 0 Å². The first kappa shape index (κ1) is 70.7. The van der Waals surface area contributed by atoms with Crippen LogP contribution in [0.2, 0.25) is 0 Å². The fourth-order valence-corrected chi connectivity index (χ4v) is 8.52. The van der Waals surface area contributed by atoms with Crippen molar-refractivity contribution in [2.24, 2.45) is 35.5 Å². The molecule has 0 radical (unpaired) electrons. The molecule has 3 aliphatic carbocycles. The Hall–Kier alpha value is -5.28. The molecule has 3 aliphatic rings. The van der Waals surface area contributed by atoms with Gasteiger partial charge in [-0.2, -0.15) is 0 Å². The van der Waals surface area contributed by atoms with Gasteiger partial charge >= 0.3 is 59.7 Å². The van der Waals surface area contributed by atoms with Crippen molar-refractivity contribution >= 4 is 59.7 Å².